The number of rotatable bonds is 3. The maximum absolute atomic E-state index is 5.98. The standard InChI is InChI=1S/C11H11Cl2N3O/c1-6-2-3-7(17-6)5-15-11-9(13)4-8(12)10(14)16-11/h2-4H,5H2,1H3,(H3,14,15,16). The van der Waals surface area contributed by atoms with E-state index >= 15 is 0 Å². The molecule has 4 nitrogen and oxygen atoms in total. The smallest absolute Gasteiger partial charge is 0.147 e. The van der Waals surface area contributed by atoms with Crippen LogP contribution in [0.5, 0.6) is 0 Å². The van der Waals surface area contributed by atoms with E-state index in [1.54, 1.807) is 6.07 Å². The van der Waals surface area contributed by atoms with Gasteiger partial charge in [-0.15, -0.1) is 0 Å². The number of hydrogen-bond acceptors (Lipinski definition) is 4. The van der Waals surface area contributed by atoms with Crippen molar-refractivity contribution in [1.82, 2.24) is 4.98 Å². The SMILES string of the molecule is Cc1ccc(CNc2nc(N)c(Cl)cc2Cl)o1. The Hall–Kier alpha value is -1.39. The Kier molecular flexibility index (Phi) is 3.45. The summed E-state index contributed by atoms with van der Waals surface area (Å²) in [6, 6.07) is 5.33. The lowest BCUT2D eigenvalue weighted by molar-refractivity contribution is 0.490. The first-order valence-electron chi connectivity index (χ1n) is 4.97. The van der Waals surface area contributed by atoms with Crippen LogP contribution in [-0.2, 0) is 6.54 Å². The van der Waals surface area contributed by atoms with Crippen molar-refractivity contribution in [2.45, 2.75) is 13.5 Å². The van der Waals surface area contributed by atoms with E-state index < -0.39 is 0 Å². The highest BCUT2D eigenvalue weighted by molar-refractivity contribution is 6.37. The molecule has 0 aliphatic carbocycles. The highest BCUT2D eigenvalue weighted by Crippen LogP contribution is 2.27. The van der Waals surface area contributed by atoms with E-state index in [0.717, 1.165) is 11.5 Å². The number of nitrogen functional groups attached to an aromatic ring is 1. The minimum absolute atomic E-state index is 0.245. The summed E-state index contributed by atoms with van der Waals surface area (Å²) in [5.41, 5.74) is 5.60. The van der Waals surface area contributed by atoms with Crippen LogP contribution in [0.15, 0.2) is 22.6 Å². The first kappa shape index (κ1) is 12.1. The van der Waals surface area contributed by atoms with Crippen molar-refractivity contribution in [1.29, 1.82) is 0 Å². The van der Waals surface area contributed by atoms with Crippen molar-refractivity contribution in [2.24, 2.45) is 0 Å². The van der Waals surface area contributed by atoms with Gasteiger partial charge in [0, 0.05) is 0 Å². The maximum atomic E-state index is 5.98. The number of halogens is 2. The minimum atomic E-state index is 0.245. The molecule has 0 amide bonds. The molecule has 0 saturated carbocycles. The first-order valence-corrected chi connectivity index (χ1v) is 5.72. The summed E-state index contributed by atoms with van der Waals surface area (Å²) in [4.78, 5) is 4.06. The zero-order chi connectivity index (χ0) is 12.4. The number of nitrogens with zero attached hydrogens (tertiary/aromatic N) is 1. The fourth-order valence-corrected chi connectivity index (χ4v) is 1.78. The Morgan fingerprint density at radius 3 is 2.76 bits per heavy atom. The van der Waals surface area contributed by atoms with E-state index in [0.29, 0.717) is 22.4 Å². The highest BCUT2D eigenvalue weighted by Gasteiger charge is 2.07. The molecule has 17 heavy (non-hydrogen) atoms. The van der Waals surface area contributed by atoms with Gasteiger partial charge in [-0.3, -0.25) is 0 Å². The Morgan fingerprint density at radius 1 is 1.35 bits per heavy atom. The Balaban J connectivity index is 2.11. The lowest BCUT2D eigenvalue weighted by atomic mass is 10.4. The second kappa shape index (κ2) is 4.85. The maximum Gasteiger partial charge on any atom is 0.147 e. The summed E-state index contributed by atoms with van der Waals surface area (Å²) in [5, 5.41) is 3.80. The molecule has 0 fully saturated rings. The van der Waals surface area contributed by atoms with Crippen LogP contribution < -0.4 is 11.1 Å². The number of nitrogens with two attached hydrogens (primary N) is 1. The van der Waals surface area contributed by atoms with E-state index in [1.807, 2.05) is 19.1 Å². The number of hydrogen-bond donors (Lipinski definition) is 2. The Labute approximate surface area is 109 Å². The van der Waals surface area contributed by atoms with E-state index in [2.05, 4.69) is 10.3 Å². The minimum Gasteiger partial charge on any atom is -0.465 e. The van der Waals surface area contributed by atoms with Crippen molar-refractivity contribution in [2.75, 3.05) is 11.1 Å². The Morgan fingerprint density at radius 2 is 2.12 bits per heavy atom. The van der Waals surface area contributed by atoms with Gasteiger partial charge in [0.15, 0.2) is 0 Å². The average molecular weight is 272 g/mol. The van der Waals surface area contributed by atoms with Crippen molar-refractivity contribution in [3.63, 3.8) is 0 Å². The van der Waals surface area contributed by atoms with Crippen molar-refractivity contribution < 1.29 is 4.42 Å². The topological polar surface area (TPSA) is 64.1 Å². The van der Waals surface area contributed by atoms with Crippen LogP contribution in [0.25, 0.3) is 0 Å². The molecule has 0 unspecified atom stereocenters. The number of anilines is 2. The van der Waals surface area contributed by atoms with Crippen molar-refractivity contribution in [3.05, 3.63) is 39.8 Å². The van der Waals surface area contributed by atoms with Gasteiger partial charge < -0.3 is 15.5 Å². The van der Waals surface area contributed by atoms with Gasteiger partial charge in [0.05, 0.1) is 16.6 Å². The van der Waals surface area contributed by atoms with Crippen LogP contribution in [0.4, 0.5) is 11.6 Å². The normalized spacial score (nSPS) is 10.5. The van der Waals surface area contributed by atoms with Crippen LogP contribution in [-0.4, -0.2) is 4.98 Å². The molecule has 0 radical (unpaired) electrons. The van der Waals surface area contributed by atoms with Gasteiger partial charge in [0.1, 0.15) is 23.2 Å². The fraction of sp³-hybridized carbons (Fsp3) is 0.182. The summed E-state index contributed by atoms with van der Waals surface area (Å²) < 4.78 is 5.41. The van der Waals surface area contributed by atoms with E-state index in [9.17, 15) is 0 Å². The van der Waals surface area contributed by atoms with Gasteiger partial charge in [-0.25, -0.2) is 4.98 Å². The van der Waals surface area contributed by atoms with Crippen molar-refractivity contribution in [3.8, 4) is 0 Å². The van der Waals surface area contributed by atoms with Crippen LogP contribution in [0.1, 0.15) is 11.5 Å². The van der Waals surface area contributed by atoms with Gasteiger partial charge >= 0.3 is 0 Å². The zero-order valence-corrected chi connectivity index (χ0v) is 10.6. The molecular formula is C11H11Cl2N3O. The molecule has 0 atom stereocenters. The van der Waals surface area contributed by atoms with E-state index in [4.69, 9.17) is 33.4 Å². The lowest BCUT2D eigenvalue weighted by Gasteiger charge is -2.07. The third-order valence-electron chi connectivity index (χ3n) is 2.18. The number of pyridine rings is 1. The zero-order valence-electron chi connectivity index (χ0n) is 9.13. The van der Waals surface area contributed by atoms with Gasteiger partial charge in [-0.1, -0.05) is 23.2 Å². The molecule has 2 heterocycles. The molecule has 0 aromatic carbocycles. The van der Waals surface area contributed by atoms with Gasteiger partial charge in [-0.05, 0) is 25.1 Å². The predicted octanol–water partition coefficient (Wildman–Crippen LogP) is 3.48. The molecular weight excluding hydrogens is 261 g/mol. The molecule has 0 aliphatic rings. The molecule has 0 aliphatic heterocycles. The van der Waals surface area contributed by atoms with Crippen LogP contribution in [0.3, 0.4) is 0 Å². The molecule has 90 valence electrons. The molecule has 3 N–H and O–H groups in total. The Bertz CT molecular complexity index is 540. The van der Waals surface area contributed by atoms with E-state index in [-0.39, 0.29) is 5.82 Å². The summed E-state index contributed by atoms with van der Waals surface area (Å²) in [6.45, 7) is 2.37. The fourth-order valence-electron chi connectivity index (χ4n) is 1.36. The number of furan rings is 1. The van der Waals surface area contributed by atoms with Crippen molar-refractivity contribution >= 4 is 34.8 Å². The summed E-state index contributed by atoms with van der Waals surface area (Å²) >= 11 is 11.8. The monoisotopic (exact) mass is 271 g/mol. The number of aryl methyl sites for hydroxylation is 1. The quantitative estimate of drug-likeness (QED) is 0.897. The average Bonchev–Trinajstić information content (AvgIpc) is 2.68. The molecule has 2 aromatic heterocycles. The number of nitrogens with one attached hydrogen (secondary N) is 1. The van der Waals surface area contributed by atoms with Gasteiger partial charge in [-0.2, -0.15) is 0 Å². The predicted molar refractivity (Wildman–Crippen MR) is 69.4 cm³/mol. The second-order valence-corrected chi connectivity index (χ2v) is 4.37. The third kappa shape index (κ3) is 2.84. The first-order chi connectivity index (χ1) is 8.06. The molecule has 2 aromatic rings. The summed E-state index contributed by atoms with van der Waals surface area (Å²) in [7, 11) is 0. The van der Waals surface area contributed by atoms with Gasteiger partial charge in [0.2, 0.25) is 0 Å². The second-order valence-electron chi connectivity index (χ2n) is 3.55. The van der Waals surface area contributed by atoms with E-state index in [1.165, 1.54) is 0 Å². The van der Waals surface area contributed by atoms with Gasteiger partial charge in [0.25, 0.3) is 0 Å². The summed E-state index contributed by atoms with van der Waals surface area (Å²) in [5.74, 6) is 2.39. The number of aromatic nitrogens is 1. The molecule has 0 spiro atoms. The van der Waals surface area contributed by atoms with Crippen LogP contribution in [0.2, 0.25) is 10.0 Å². The highest BCUT2D eigenvalue weighted by atomic mass is 35.5. The lowest BCUT2D eigenvalue weighted by Crippen LogP contribution is -2.03. The summed E-state index contributed by atoms with van der Waals surface area (Å²) in [6.07, 6.45) is 0. The van der Waals surface area contributed by atoms with Crippen LogP contribution >= 0.6 is 23.2 Å². The van der Waals surface area contributed by atoms with Crippen LogP contribution in [0, 0.1) is 6.92 Å². The largest absolute Gasteiger partial charge is 0.465 e. The molecule has 6 heteroatoms. The molecule has 2 rings (SSSR count). The third-order valence-corrected chi connectivity index (χ3v) is 2.77. The molecule has 0 saturated heterocycles. The molecule has 0 bridgehead atoms.